The Balaban J connectivity index is 0.00000102. The van der Waals surface area contributed by atoms with Gasteiger partial charge in [-0.15, -0.1) is 0 Å². The zero-order chi connectivity index (χ0) is 17.1. The monoisotopic (exact) mass is 308 g/mol. The molecule has 0 aromatic heterocycles. The van der Waals surface area contributed by atoms with Gasteiger partial charge in [0.1, 0.15) is 5.75 Å². The maximum atomic E-state index is 6.03. The second-order valence-corrected chi connectivity index (χ2v) is 5.44. The molecule has 0 radical (unpaired) electrons. The first-order valence-electron chi connectivity index (χ1n) is 8.85. The Labute approximate surface area is 137 Å². The third-order valence-corrected chi connectivity index (χ3v) is 3.54. The van der Waals surface area contributed by atoms with Crippen LogP contribution < -0.4 is 15.8 Å². The van der Waals surface area contributed by atoms with Crippen LogP contribution in [0, 0.1) is 6.92 Å². The summed E-state index contributed by atoms with van der Waals surface area (Å²) in [4.78, 5) is 0. The van der Waals surface area contributed by atoms with Crippen LogP contribution >= 0.6 is 0 Å². The number of ether oxygens (including phenoxy) is 1. The maximum Gasteiger partial charge on any atom is 0.142 e. The molecule has 3 nitrogen and oxygen atoms in total. The molecule has 3 N–H and O–H groups in total. The molecule has 1 aliphatic heterocycles. The van der Waals surface area contributed by atoms with Crippen molar-refractivity contribution in [2.75, 3.05) is 18.8 Å². The van der Waals surface area contributed by atoms with Crippen molar-refractivity contribution in [3.8, 4) is 5.75 Å². The molecule has 1 heterocycles. The Kier molecular flexibility index (Phi) is 10.7. The molecule has 0 atom stereocenters. The van der Waals surface area contributed by atoms with E-state index in [0.29, 0.717) is 5.92 Å². The minimum absolute atomic E-state index is 0.163. The van der Waals surface area contributed by atoms with Crippen LogP contribution in [0.25, 0.3) is 0 Å². The number of hydrogen-bond donors (Lipinski definition) is 2. The minimum atomic E-state index is 0.163. The molecule has 22 heavy (non-hydrogen) atoms. The molecule has 0 unspecified atom stereocenters. The predicted molar refractivity (Wildman–Crippen MR) is 98.9 cm³/mol. The SMILES string of the molecule is CC.CC.Cc1cc(N)c(OC(C)C)cc1C1CCNCC1. The zero-order valence-corrected chi connectivity index (χ0v) is 15.6. The van der Waals surface area contributed by atoms with Gasteiger partial charge in [0.25, 0.3) is 0 Å². The lowest BCUT2D eigenvalue weighted by Gasteiger charge is -2.25. The number of aryl methyl sites for hydroxylation is 1. The minimum Gasteiger partial charge on any atom is -0.489 e. The fourth-order valence-electron chi connectivity index (χ4n) is 2.65. The summed E-state index contributed by atoms with van der Waals surface area (Å²) < 4.78 is 5.79. The standard InChI is InChI=1S/C15H24N2O.2C2H6/c1-10(2)18-15-9-13(11(3)8-14(15)16)12-4-6-17-7-5-12;2*1-2/h8-10,12,17H,4-7,16H2,1-3H3;2*1-2H3. The lowest BCUT2D eigenvalue weighted by atomic mass is 9.87. The van der Waals surface area contributed by atoms with Crippen molar-refractivity contribution in [3.05, 3.63) is 23.3 Å². The summed E-state index contributed by atoms with van der Waals surface area (Å²) in [5.41, 5.74) is 9.47. The molecule has 1 saturated heterocycles. The number of anilines is 1. The van der Waals surface area contributed by atoms with Crippen LogP contribution in [0.15, 0.2) is 12.1 Å². The summed E-state index contributed by atoms with van der Waals surface area (Å²) in [5, 5.41) is 3.41. The first-order chi connectivity index (χ1) is 10.6. The van der Waals surface area contributed by atoms with Crippen molar-refractivity contribution >= 4 is 5.69 Å². The molecule has 0 amide bonds. The lowest BCUT2D eigenvalue weighted by Crippen LogP contribution is -2.27. The van der Waals surface area contributed by atoms with E-state index in [1.807, 2.05) is 41.5 Å². The Morgan fingerprint density at radius 3 is 2.14 bits per heavy atom. The summed E-state index contributed by atoms with van der Waals surface area (Å²) in [6.07, 6.45) is 2.56. The quantitative estimate of drug-likeness (QED) is 0.782. The normalized spacial score (nSPS) is 14.5. The van der Waals surface area contributed by atoms with Gasteiger partial charge in [0.15, 0.2) is 0 Å². The number of nitrogens with one attached hydrogen (secondary N) is 1. The fraction of sp³-hybridized carbons (Fsp3) is 0.684. The average molecular weight is 309 g/mol. The second-order valence-electron chi connectivity index (χ2n) is 5.44. The summed E-state index contributed by atoms with van der Waals surface area (Å²) in [6.45, 7) is 16.4. The fourth-order valence-corrected chi connectivity index (χ4v) is 2.65. The van der Waals surface area contributed by atoms with Crippen LogP contribution in [0.5, 0.6) is 5.75 Å². The van der Waals surface area contributed by atoms with E-state index in [0.717, 1.165) is 24.5 Å². The molecule has 0 aliphatic carbocycles. The smallest absolute Gasteiger partial charge is 0.142 e. The zero-order valence-electron chi connectivity index (χ0n) is 15.6. The number of nitrogens with two attached hydrogens (primary N) is 1. The van der Waals surface area contributed by atoms with Crippen molar-refractivity contribution in [3.63, 3.8) is 0 Å². The summed E-state index contributed by atoms with van der Waals surface area (Å²) >= 11 is 0. The first kappa shape index (κ1) is 20.8. The van der Waals surface area contributed by atoms with Gasteiger partial charge in [-0.3, -0.25) is 0 Å². The number of benzene rings is 1. The van der Waals surface area contributed by atoms with Gasteiger partial charge in [-0.1, -0.05) is 27.7 Å². The van der Waals surface area contributed by atoms with Gasteiger partial charge < -0.3 is 15.8 Å². The van der Waals surface area contributed by atoms with Crippen molar-refractivity contribution in [2.45, 2.75) is 73.3 Å². The molecule has 0 spiro atoms. The molecule has 0 bridgehead atoms. The van der Waals surface area contributed by atoms with E-state index in [1.165, 1.54) is 24.0 Å². The lowest BCUT2D eigenvalue weighted by molar-refractivity contribution is 0.243. The average Bonchev–Trinajstić information content (AvgIpc) is 2.54. The van der Waals surface area contributed by atoms with Crippen molar-refractivity contribution in [1.82, 2.24) is 5.32 Å². The molecular formula is C19H36N2O. The van der Waals surface area contributed by atoms with E-state index in [9.17, 15) is 0 Å². The Morgan fingerprint density at radius 2 is 1.64 bits per heavy atom. The van der Waals surface area contributed by atoms with E-state index in [-0.39, 0.29) is 6.10 Å². The number of piperidine rings is 1. The molecule has 1 fully saturated rings. The highest BCUT2D eigenvalue weighted by atomic mass is 16.5. The van der Waals surface area contributed by atoms with Crippen molar-refractivity contribution in [1.29, 1.82) is 0 Å². The van der Waals surface area contributed by atoms with Gasteiger partial charge in [0, 0.05) is 0 Å². The van der Waals surface area contributed by atoms with Crippen LogP contribution in [0.2, 0.25) is 0 Å². The largest absolute Gasteiger partial charge is 0.489 e. The van der Waals surface area contributed by atoms with Crippen LogP contribution in [-0.2, 0) is 0 Å². The maximum absolute atomic E-state index is 6.03. The predicted octanol–water partition coefficient (Wildman–Crippen LogP) is 4.88. The molecule has 1 aromatic rings. The summed E-state index contributed by atoms with van der Waals surface area (Å²) in [5.74, 6) is 1.48. The first-order valence-corrected chi connectivity index (χ1v) is 8.85. The molecule has 1 aromatic carbocycles. The summed E-state index contributed by atoms with van der Waals surface area (Å²) in [7, 11) is 0. The number of rotatable bonds is 3. The van der Waals surface area contributed by atoms with Gasteiger partial charge >= 0.3 is 0 Å². The van der Waals surface area contributed by atoms with Gasteiger partial charge in [0.2, 0.25) is 0 Å². The molecule has 0 saturated carbocycles. The number of hydrogen-bond acceptors (Lipinski definition) is 3. The summed E-state index contributed by atoms with van der Waals surface area (Å²) in [6, 6.07) is 4.20. The molecular weight excluding hydrogens is 272 g/mol. The van der Waals surface area contributed by atoms with E-state index >= 15 is 0 Å². The van der Waals surface area contributed by atoms with E-state index in [4.69, 9.17) is 10.5 Å². The molecule has 128 valence electrons. The van der Waals surface area contributed by atoms with Crippen molar-refractivity contribution in [2.24, 2.45) is 0 Å². The highest BCUT2D eigenvalue weighted by Gasteiger charge is 2.19. The van der Waals surface area contributed by atoms with Gasteiger partial charge in [-0.2, -0.15) is 0 Å². The van der Waals surface area contributed by atoms with Gasteiger partial charge in [-0.25, -0.2) is 0 Å². The molecule has 3 heteroatoms. The topological polar surface area (TPSA) is 47.3 Å². The molecule has 2 rings (SSSR count). The van der Waals surface area contributed by atoms with Crippen LogP contribution in [0.3, 0.4) is 0 Å². The van der Waals surface area contributed by atoms with E-state index in [1.54, 1.807) is 0 Å². The van der Waals surface area contributed by atoms with Gasteiger partial charge in [-0.05, 0) is 75.9 Å². The van der Waals surface area contributed by atoms with Crippen LogP contribution in [0.1, 0.15) is 71.4 Å². The van der Waals surface area contributed by atoms with Gasteiger partial charge in [0.05, 0.1) is 11.8 Å². The second kappa shape index (κ2) is 11.4. The van der Waals surface area contributed by atoms with E-state index < -0.39 is 0 Å². The van der Waals surface area contributed by atoms with Crippen LogP contribution in [0.4, 0.5) is 5.69 Å². The van der Waals surface area contributed by atoms with E-state index in [2.05, 4.69) is 24.4 Å². The molecule has 1 aliphatic rings. The third kappa shape index (κ3) is 6.27. The third-order valence-electron chi connectivity index (χ3n) is 3.54. The van der Waals surface area contributed by atoms with Crippen LogP contribution in [-0.4, -0.2) is 19.2 Å². The Bertz CT molecular complexity index is 410. The number of nitrogen functional groups attached to an aromatic ring is 1. The highest BCUT2D eigenvalue weighted by Crippen LogP contribution is 2.34. The highest BCUT2D eigenvalue weighted by molar-refractivity contribution is 5.57. The van der Waals surface area contributed by atoms with Crippen molar-refractivity contribution < 1.29 is 4.74 Å². The Hall–Kier alpha value is -1.22. The Morgan fingerprint density at radius 1 is 1.09 bits per heavy atom.